The molecule has 8 heteroatoms. The van der Waals surface area contributed by atoms with E-state index in [1.807, 2.05) is 0 Å². The summed E-state index contributed by atoms with van der Waals surface area (Å²) < 4.78 is 4.79. The van der Waals surface area contributed by atoms with E-state index in [9.17, 15) is 19.5 Å². The Morgan fingerprint density at radius 3 is 2.39 bits per heavy atom. The molecule has 1 rings (SSSR count). The zero-order valence-corrected chi connectivity index (χ0v) is 12.8. The number of carbonyl (C=O) groups excluding carboxylic acids is 3. The predicted molar refractivity (Wildman–Crippen MR) is 80.8 cm³/mol. The fraction of sp³-hybridized carbons (Fsp3) is 0.400. The number of hydrogen-bond donors (Lipinski definition) is 3. The third-order valence-corrected chi connectivity index (χ3v) is 2.88. The summed E-state index contributed by atoms with van der Waals surface area (Å²) in [6.07, 6.45) is 0. The molecule has 23 heavy (non-hydrogen) atoms. The topological polar surface area (TPSA) is 116 Å². The van der Waals surface area contributed by atoms with Crippen LogP contribution in [0.5, 0.6) is 0 Å². The maximum absolute atomic E-state index is 12.2. The van der Waals surface area contributed by atoms with E-state index in [1.54, 1.807) is 30.3 Å². The standard InChI is InChI=1S/C15H20N3O5/c1-23-8-7-16-12(20)9-17-15(22)14(18-13(21)10-19)11-5-3-2-4-6-11/h2-6,14H,7-10H2,1H3,(H,16,20)(H,17,22)(H,18,21)/t14-/m1/s1. The molecule has 8 nitrogen and oxygen atoms in total. The fourth-order valence-electron chi connectivity index (χ4n) is 1.77. The van der Waals surface area contributed by atoms with Gasteiger partial charge in [-0.05, 0) is 5.56 Å². The number of ether oxygens (including phenoxy) is 1. The molecule has 0 unspecified atom stereocenters. The molecule has 0 heterocycles. The lowest BCUT2D eigenvalue weighted by Crippen LogP contribution is -2.45. The SMILES string of the molecule is COCCNC(=O)CNC(=O)[C@H](NC(=O)C[O])c1ccccc1. The Bertz CT molecular complexity index is 521. The van der Waals surface area contributed by atoms with E-state index in [-0.39, 0.29) is 12.5 Å². The molecule has 0 aliphatic carbocycles. The molecule has 125 valence electrons. The first kappa shape index (κ1) is 18.6. The molecule has 0 aromatic heterocycles. The van der Waals surface area contributed by atoms with Gasteiger partial charge in [-0.1, -0.05) is 30.3 Å². The molecule has 0 fully saturated rings. The van der Waals surface area contributed by atoms with Crippen LogP contribution in [0.25, 0.3) is 0 Å². The van der Waals surface area contributed by atoms with Crippen LogP contribution in [0.3, 0.4) is 0 Å². The van der Waals surface area contributed by atoms with Gasteiger partial charge in [0.25, 0.3) is 0 Å². The Kier molecular flexibility index (Phi) is 8.33. The number of carbonyl (C=O) groups is 3. The summed E-state index contributed by atoms with van der Waals surface area (Å²) in [6.45, 7) is -0.515. The first-order valence-electron chi connectivity index (χ1n) is 7.04. The summed E-state index contributed by atoms with van der Waals surface area (Å²) in [7, 11) is 1.51. The second kappa shape index (κ2) is 10.3. The average molecular weight is 322 g/mol. The van der Waals surface area contributed by atoms with Crippen LogP contribution < -0.4 is 16.0 Å². The highest BCUT2D eigenvalue weighted by molar-refractivity contribution is 5.91. The van der Waals surface area contributed by atoms with Crippen LogP contribution in [0.15, 0.2) is 30.3 Å². The second-order valence-corrected chi connectivity index (χ2v) is 4.62. The van der Waals surface area contributed by atoms with Crippen molar-refractivity contribution in [2.24, 2.45) is 0 Å². The van der Waals surface area contributed by atoms with Crippen molar-refractivity contribution < 1.29 is 24.2 Å². The molecule has 0 aliphatic rings. The maximum atomic E-state index is 12.2. The van der Waals surface area contributed by atoms with Gasteiger partial charge in [0.1, 0.15) is 6.04 Å². The van der Waals surface area contributed by atoms with E-state index in [1.165, 1.54) is 7.11 Å². The van der Waals surface area contributed by atoms with Crippen molar-refractivity contribution in [1.82, 2.24) is 16.0 Å². The lowest BCUT2D eigenvalue weighted by atomic mass is 10.1. The Morgan fingerprint density at radius 2 is 1.78 bits per heavy atom. The summed E-state index contributed by atoms with van der Waals surface area (Å²) in [5, 5.41) is 17.9. The van der Waals surface area contributed by atoms with Crippen LogP contribution in [0, 0.1) is 0 Å². The molecule has 0 aliphatic heterocycles. The first-order valence-corrected chi connectivity index (χ1v) is 7.04. The minimum atomic E-state index is -1.02. The van der Waals surface area contributed by atoms with Crippen LogP contribution in [-0.4, -0.2) is 51.1 Å². The largest absolute Gasteiger partial charge is 0.383 e. The summed E-state index contributed by atoms with van der Waals surface area (Å²) >= 11 is 0. The Balaban J connectivity index is 2.62. The molecule has 0 spiro atoms. The molecule has 3 N–H and O–H groups in total. The van der Waals surface area contributed by atoms with E-state index >= 15 is 0 Å². The van der Waals surface area contributed by atoms with Crippen molar-refractivity contribution >= 4 is 17.7 Å². The van der Waals surface area contributed by atoms with Gasteiger partial charge in [0, 0.05) is 13.7 Å². The Morgan fingerprint density at radius 1 is 1.09 bits per heavy atom. The molecule has 1 aromatic carbocycles. The second-order valence-electron chi connectivity index (χ2n) is 4.62. The average Bonchev–Trinajstić information content (AvgIpc) is 2.58. The third-order valence-electron chi connectivity index (χ3n) is 2.88. The van der Waals surface area contributed by atoms with Gasteiger partial charge in [-0.15, -0.1) is 0 Å². The highest BCUT2D eigenvalue weighted by Gasteiger charge is 2.22. The minimum Gasteiger partial charge on any atom is -0.383 e. The Labute approximate surface area is 134 Å². The molecular formula is C15H20N3O5. The number of nitrogens with one attached hydrogen (secondary N) is 3. The van der Waals surface area contributed by atoms with Crippen molar-refractivity contribution in [2.75, 3.05) is 33.4 Å². The van der Waals surface area contributed by atoms with E-state index < -0.39 is 24.5 Å². The molecule has 1 aromatic rings. The lowest BCUT2D eigenvalue weighted by molar-refractivity contribution is -0.132. The van der Waals surface area contributed by atoms with Gasteiger partial charge in [0.05, 0.1) is 13.2 Å². The molecule has 1 radical (unpaired) electrons. The minimum absolute atomic E-state index is 0.237. The van der Waals surface area contributed by atoms with Gasteiger partial charge in [0.15, 0.2) is 6.61 Å². The Hall–Kier alpha value is -2.45. The van der Waals surface area contributed by atoms with E-state index in [4.69, 9.17) is 4.74 Å². The van der Waals surface area contributed by atoms with Crippen molar-refractivity contribution in [1.29, 1.82) is 0 Å². The van der Waals surface area contributed by atoms with Crippen LogP contribution >= 0.6 is 0 Å². The van der Waals surface area contributed by atoms with Gasteiger partial charge in [0.2, 0.25) is 17.7 Å². The smallest absolute Gasteiger partial charge is 0.250 e. The zero-order chi connectivity index (χ0) is 17.1. The fourth-order valence-corrected chi connectivity index (χ4v) is 1.77. The molecule has 1 atom stereocenters. The molecule has 3 amide bonds. The summed E-state index contributed by atoms with van der Waals surface area (Å²) in [5.41, 5.74) is 0.520. The van der Waals surface area contributed by atoms with Crippen molar-refractivity contribution in [3.63, 3.8) is 0 Å². The molecule has 0 bridgehead atoms. The monoisotopic (exact) mass is 322 g/mol. The van der Waals surface area contributed by atoms with Gasteiger partial charge >= 0.3 is 0 Å². The van der Waals surface area contributed by atoms with Crippen LogP contribution in [0.4, 0.5) is 0 Å². The van der Waals surface area contributed by atoms with Crippen LogP contribution in [0.1, 0.15) is 11.6 Å². The van der Waals surface area contributed by atoms with Crippen LogP contribution in [0.2, 0.25) is 0 Å². The van der Waals surface area contributed by atoms with Crippen LogP contribution in [-0.2, 0) is 24.2 Å². The van der Waals surface area contributed by atoms with Gasteiger partial charge in [-0.25, -0.2) is 5.11 Å². The number of rotatable bonds is 9. The highest BCUT2D eigenvalue weighted by Crippen LogP contribution is 2.12. The maximum Gasteiger partial charge on any atom is 0.250 e. The molecule has 0 saturated carbocycles. The normalized spacial score (nSPS) is 11.4. The third kappa shape index (κ3) is 6.90. The van der Waals surface area contributed by atoms with Crippen molar-refractivity contribution in [3.8, 4) is 0 Å². The summed E-state index contributed by atoms with van der Waals surface area (Å²) in [4.78, 5) is 35.1. The molecule has 0 saturated heterocycles. The van der Waals surface area contributed by atoms with Gasteiger partial charge < -0.3 is 20.7 Å². The van der Waals surface area contributed by atoms with E-state index in [0.717, 1.165) is 0 Å². The molecular weight excluding hydrogens is 302 g/mol. The number of amides is 3. The summed E-state index contributed by atoms with van der Waals surface area (Å²) in [5.74, 6) is -1.74. The quantitative estimate of drug-likeness (QED) is 0.514. The van der Waals surface area contributed by atoms with E-state index in [2.05, 4.69) is 16.0 Å². The van der Waals surface area contributed by atoms with Crippen molar-refractivity contribution in [3.05, 3.63) is 35.9 Å². The summed E-state index contributed by atoms with van der Waals surface area (Å²) in [6, 6.07) is 7.44. The van der Waals surface area contributed by atoms with Crippen molar-refractivity contribution in [2.45, 2.75) is 6.04 Å². The zero-order valence-electron chi connectivity index (χ0n) is 12.8. The predicted octanol–water partition coefficient (Wildman–Crippen LogP) is -0.847. The lowest BCUT2D eigenvalue weighted by Gasteiger charge is -2.18. The highest BCUT2D eigenvalue weighted by atomic mass is 16.5. The van der Waals surface area contributed by atoms with E-state index in [0.29, 0.717) is 18.7 Å². The number of methoxy groups -OCH3 is 1. The first-order chi connectivity index (χ1) is 11.1. The number of hydrogen-bond acceptors (Lipinski definition) is 4. The number of benzene rings is 1. The van der Waals surface area contributed by atoms with Gasteiger partial charge in [-0.3, -0.25) is 14.4 Å². The van der Waals surface area contributed by atoms with Gasteiger partial charge in [-0.2, -0.15) is 0 Å².